The van der Waals surface area contributed by atoms with E-state index in [1.54, 1.807) is 18.2 Å². The van der Waals surface area contributed by atoms with E-state index in [9.17, 15) is 10.1 Å². The second-order valence-corrected chi connectivity index (χ2v) is 3.39. The van der Waals surface area contributed by atoms with Crippen LogP contribution in [-0.2, 0) is 0 Å². The van der Waals surface area contributed by atoms with Gasteiger partial charge in [-0.25, -0.2) is 9.97 Å². The van der Waals surface area contributed by atoms with Crippen molar-refractivity contribution in [3.63, 3.8) is 0 Å². The molecule has 0 unspecified atom stereocenters. The molecule has 6 heteroatoms. The normalized spacial score (nSPS) is 10.1. The molecule has 80 valence electrons. The Morgan fingerprint density at radius 2 is 1.88 bits per heavy atom. The highest BCUT2D eigenvalue weighted by molar-refractivity contribution is 6.29. The largest absolute Gasteiger partial charge is 0.269 e. The van der Waals surface area contributed by atoms with Gasteiger partial charge < -0.3 is 0 Å². The van der Waals surface area contributed by atoms with Crippen LogP contribution in [0.4, 0.5) is 5.69 Å². The zero-order valence-corrected chi connectivity index (χ0v) is 8.76. The van der Waals surface area contributed by atoms with Crippen molar-refractivity contribution < 1.29 is 4.92 Å². The van der Waals surface area contributed by atoms with Crippen molar-refractivity contribution >= 4 is 17.3 Å². The molecule has 0 aliphatic rings. The van der Waals surface area contributed by atoms with Gasteiger partial charge in [-0.15, -0.1) is 0 Å². The summed E-state index contributed by atoms with van der Waals surface area (Å²) in [5, 5.41) is 10.8. The van der Waals surface area contributed by atoms with Crippen LogP contribution in [0, 0.1) is 10.1 Å². The molecule has 0 aliphatic carbocycles. The smallest absolute Gasteiger partial charge is 0.258 e. The first-order chi connectivity index (χ1) is 7.66. The topological polar surface area (TPSA) is 68.9 Å². The summed E-state index contributed by atoms with van der Waals surface area (Å²) >= 11 is 5.72. The second kappa shape index (κ2) is 4.24. The number of hydrogen-bond acceptors (Lipinski definition) is 4. The Labute approximate surface area is 95.9 Å². The van der Waals surface area contributed by atoms with Gasteiger partial charge in [-0.3, -0.25) is 10.1 Å². The number of nitro groups is 1. The van der Waals surface area contributed by atoms with Crippen molar-refractivity contribution in [3.05, 3.63) is 51.8 Å². The molecular weight excluding hydrogens is 230 g/mol. The van der Waals surface area contributed by atoms with E-state index in [1.807, 2.05) is 0 Å². The molecule has 0 fully saturated rings. The van der Waals surface area contributed by atoms with Gasteiger partial charge in [0.25, 0.3) is 5.69 Å². The van der Waals surface area contributed by atoms with Gasteiger partial charge >= 0.3 is 0 Å². The van der Waals surface area contributed by atoms with E-state index in [0.29, 0.717) is 16.5 Å². The fraction of sp³-hybridized carbons (Fsp3) is 0. The third-order valence-corrected chi connectivity index (χ3v) is 2.17. The number of non-ortho nitro benzene ring substituents is 1. The lowest BCUT2D eigenvalue weighted by Crippen LogP contribution is -1.90. The molecule has 0 saturated heterocycles. The van der Waals surface area contributed by atoms with Gasteiger partial charge in [0, 0.05) is 23.9 Å². The van der Waals surface area contributed by atoms with Crippen molar-refractivity contribution in [3.8, 4) is 11.4 Å². The Kier molecular flexibility index (Phi) is 2.78. The van der Waals surface area contributed by atoms with E-state index in [1.165, 1.54) is 18.3 Å². The fourth-order valence-corrected chi connectivity index (χ4v) is 1.34. The van der Waals surface area contributed by atoms with Gasteiger partial charge in [0.2, 0.25) is 0 Å². The third-order valence-electron chi connectivity index (χ3n) is 1.96. The Hall–Kier alpha value is -2.01. The molecule has 1 heterocycles. The highest BCUT2D eigenvalue weighted by atomic mass is 35.5. The number of nitro benzene ring substituents is 1. The zero-order valence-electron chi connectivity index (χ0n) is 8.00. The summed E-state index contributed by atoms with van der Waals surface area (Å²) in [6, 6.07) is 7.54. The molecule has 0 N–H and O–H groups in total. The predicted molar refractivity (Wildman–Crippen MR) is 59.1 cm³/mol. The van der Waals surface area contributed by atoms with Gasteiger partial charge in [0.15, 0.2) is 5.82 Å². The SMILES string of the molecule is O=[N+]([O-])c1ccc(-c2nccc(Cl)n2)cc1. The molecule has 16 heavy (non-hydrogen) atoms. The van der Waals surface area contributed by atoms with E-state index in [2.05, 4.69) is 9.97 Å². The number of benzene rings is 1. The van der Waals surface area contributed by atoms with Crippen LogP contribution in [0.5, 0.6) is 0 Å². The first kappa shape index (κ1) is 10.5. The highest BCUT2D eigenvalue weighted by Gasteiger charge is 2.06. The molecule has 0 amide bonds. The summed E-state index contributed by atoms with van der Waals surface area (Å²) in [4.78, 5) is 18.0. The van der Waals surface area contributed by atoms with Crippen molar-refractivity contribution in [1.29, 1.82) is 0 Å². The van der Waals surface area contributed by atoms with Crippen molar-refractivity contribution in [2.75, 3.05) is 0 Å². The molecule has 2 rings (SSSR count). The predicted octanol–water partition coefficient (Wildman–Crippen LogP) is 2.71. The summed E-state index contributed by atoms with van der Waals surface area (Å²) in [5.74, 6) is 0.447. The molecular formula is C10H6ClN3O2. The Bertz CT molecular complexity index is 528. The maximum atomic E-state index is 10.5. The van der Waals surface area contributed by atoms with Gasteiger partial charge in [-0.2, -0.15) is 0 Å². The monoisotopic (exact) mass is 235 g/mol. The van der Waals surface area contributed by atoms with Crippen LogP contribution in [0.3, 0.4) is 0 Å². The van der Waals surface area contributed by atoms with Crippen molar-refractivity contribution in [1.82, 2.24) is 9.97 Å². The maximum Gasteiger partial charge on any atom is 0.269 e. The number of halogens is 1. The van der Waals surface area contributed by atoms with Crippen LogP contribution < -0.4 is 0 Å². The number of hydrogen-bond donors (Lipinski definition) is 0. The summed E-state index contributed by atoms with van der Waals surface area (Å²) in [6.45, 7) is 0. The van der Waals surface area contributed by atoms with E-state index in [-0.39, 0.29) is 5.69 Å². The maximum absolute atomic E-state index is 10.5. The van der Waals surface area contributed by atoms with Gasteiger partial charge in [0.1, 0.15) is 5.15 Å². The molecule has 0 radical (unpaired) electrons. The van der Waals surface area contributed by atoms with Crippen molar-refractivity contribution in [2.24, 2.45) is 0 Å². The van der Waals surface area contributed by atoms with Gasteiger partial charge in [0.05, 0.1) is 4.92 Å². The molecule has 0 saturated carbocycles. The molecule has 0 aliphatic heterocycles. The standard InChI is InChI=1S/C10H6ClN3O2/c11-9-5-6-12-10(13-9)7-1-3-8(4-2-7)14(15)16/h1-6H. The molecule has 0 atom stereocenters. The Morgan fingerprint density at radius 1 is 1.19 bits per heavy atom. The average Bonchev–Trinajstić information content (AvgIpc) is 2.29. The second-order valence-electron chi connectivity index (χ2n) is 3.01. The summed E-state index contributed by atoms with van der Waals surface area (Å²) in [5.41, 5.74) is 0.721. The van der Waals surface area contributed by atoms with Crippen LogP contribution in [0.1, 0.15) is 0 Å². The van der Waals surface area contributed by atoms with Crippen LogP contribution >= 0.6 is 11.6 Å². The Balaban J connectivity index is 2.38. The van der Waals surface area contributed by atoms with Crippen LogP contribution in [0.25, 0.3) is 11.4 Å². The highest BCUT2D eigenvalue weighted by Crippen LogP contribution is 2.19. The van der Waals surface area contributed by atoms with Crippen LogP contribution in [0.2, 0.25) is 5.15 Å². The molecule has 1 aromatic carbocycles. The van der Waals surface area contributed by atoms with E-state index >= 15 is 0 Å². The van der Waals surface area contributed by atoms with Gasteiger partial charge in [-0.05, 0) is 18.2 Å². The minimum atomic E-state index is -0.456. The minimum absolute atomic E-state index is 0.0331. The van der Waals surface area contributed by atoms with Gasteiger partial charge in [-0.1, -0.05) is 11.6 Å². The van der Waals surface area contributed by atoms with Crippen LogP contribution in [0.15, 0.2) is 36.5 Å². The summed E-state index contributed by atoms with van der Waals surface area (Å²) < 4.78 is 0. The van der Waals surface area contributed by atoms with Crippen molar-refractivity contribution in [2.45, 2.75) is 0 Å². The van der Waals surface area contributed by atoms with Crippen LogP contribution in [-0.4, -0.2) is 14.9 Å². The van der Waals surface area contributed by atoms with E-state index in [4.69, 9.17) is 11.6 Å². The molecule has 2 aromatic rings. The molecule has 0 spiro atoms. The number of rotatable bonds is 2. The lowest BCUT2D eigenvalue weighted by atomic mass is 10.2. The number of nitrogens with zero attached hydrogens (tertiary/aromatic N) is 3. The third kappa shape index (κ3) is 2.14. The number of aromatic nitrogens is 2. The quantitative estimate of drug-likeness (QED) is 0.456. The van der Waals surface area contributed by atoms with E-state index < -0.39 is 4.92 Å². The minimum Gasteiger partial charge on any atom is -0.258 e. The molecule has 1 aromatic heterocycles. The lowest BCUT2D eigenvalue weighted by Gasteiger charge is -1.99. The molecule has 0 bridgehead atoms. The first-order valence-corrected chi connectivity index (χ1v) is 4.78. The first-order valence-electron chi connectivity index (χ1n) is 4.40. The lowest BCUT2D eigenvalue weighted by molar-refractivity contribution is -0.384. The zero-order chi connectivity index (χ0) is 11.5. The average molecular weight is 236 g/mol. The Morgan fingerprint density at radius 3 is 2.44 bits per heavy atom. The fourth-order valence-electron chi connectivity index (χ4n) is 1.21. The summed E-state index contributed by atoms with van der Waals surface area (Å²) in [6.07, 6.45) is 1.53. The van der Waals surface area contributed by atoms with E-state index in [0.717, 1.165) is 0 Å². The molecule has 5 nitrogen and oxygen atoms in total. The summed E-state index contributed by atoms with van der Waals surface area (Å²) in [7, 11) is 0.